The van der Waals surface area contributed by atoms with Gasteiger partial charge in [0, 0.05) is 19.6 Å². The highest BCUT2D eigenvalue weighted by Crippen LogP contribution is 2.23. The molecule has 1 unspecified atom stereocenters. The lowest BCUT2D eigenvalue weighted by Crippen LogP contribution is -2.42. The van der Waals surface area contributed by atoms with Gasteiger partial charge in [-0.1, -0.05) is 0 Å². The van der Waals surface area contributed by atoms with E-state index in [9.17, 15) is 0 Å². The highest BCUT2D eigenvalue weighted by atomic mass is 127. The Hall–Kier alpha value is -1.69. The molecule has 4 heterocycles. The van der Waals surface area contributed by atoms with Crippen LogP contribution in [0, 0.1) is 26.7 Å². The maximum atomic E-state index is 5.75. The maximum Gasteiger partial charge on any atom is 0.208 e. The number of aromatic nitrogens is 4. The summed E-state index contributed by atoms with van der Waals surface area (Å²) in [5.74, 6) is 5.12. The number of aryl methyl sites for hydroxylation is 4. The number of fused-ring (bicyclic) bond motifs is 1. The van der Waals surface area contributed by atoms with Crippen LogP contribution in [0.25, 0.3) is 0 Å². The number of likely N-dealkylation sites (tertiary alicyclic amines) is 1. The average molecular weight is 556 g/mol. The quantitative estimate of drug-likeness (QED) is 0.321. The third-order valence-corrected chi connectivity index (χ3v) is 6.28. The molecule has 0 bridgehead atoms. The minimum Gasteiger partial charge on any atom is -0.444 e. The van der Waals surface area contributed by atoms with Gasteiger partial charge in [-0.3, -0.25) is 9.89 Å². The van der Waals surface area contributed by atoms with Crippen molar-refractivity contribution in [1.82, 2.24) is 35.3 Å². The summed E-state index contributed by atoms with van der Waals surface area (Å²) in [6, 6.07) is 0.169. The second-order valence-electron chi connectivity index (χ2n) is 8.77. The minimum atomic E-state index is 0. The molecule has 1 atom stereocenters. The van der Waals surface area contributed by atoms with Crippen LogP contribution in [0.1, 0.15) is 67.6 Å². The van der Waals surface area contributed by atoms with Crippen molar-refractivity contribution in [1.29, 1.82) is 0 Å². The fourth-order valence-electron chi connectivity index (χ4n) is 4.44. The largest absolute Gasteiger partial charge is 0.444 e. The van der Waals surface area contributed by atoms with E-state index in [1.165, 1.54) is 0 Å². The summed E-state index contributed by atoms with van der Waals surface area (Å²) in [5, 5.41) is 11.5. The van der Waals surface area contributed by atoms with E-state index in [0.717, 1.165) is 99.9 Å². The number of nitrogens with zero attached hydrogens (tertiary/aromatic N) is 6. The summed E-state index contributed by atoms with van der Waals surface area (Å²) in [5.41, 5.74) is 0.994. The van der Waals surface area contributed by atoms with Gasteiger partial charge in [-0.05, 0) is 72.4 Å². The Balaban J connectivity index is 0.00000289. The molecule has 0 amide bonds. The Labute approximate surface area is 207 Å². The Morgan fingerprint density at radius 1 is 1.12 bits per heavy atom. The molecule has 0 aliphatic carbocycles. The van der Waals surface area contributed by atoms with Gasteiger partial charge in [0.05, 0.1) is 18.3 Å². The lowest BCUT2D eigenvalue weighted by Gasteiger charge is -2.30. The highest BCUT2D eigenvalue weighted by molar-refractivity contribution is 14.0. The Bertz CT molecular complexity index is 880. The van der Waals surface area contributed by atoms with Crippen molar-refractivity contribution in [2.45, 2.75) is 72.5 Å². The van der Waals surface area contributed by atoms with Crippen molar-refractivity contribution >= 4 is 29.9 Å². The van der Waals surface area contributed by atoms with Crippen LogP contribution in [-0.4, -0.2) is 56.8 Å². The van der Waals surface area contributed by atoms with E-state index in [2.05, 4.69) is 37.5 Å². The van der Waals surface area contributed by atoms with E-state index in [1.807, 2.05) is 25.5 Å². The smallest absolute Gasteiger partial charge is 0.208 e. The molecule has 32 heavy (non-hydrogen) atoms. The van der Waals surface area contributed by atoms with Crippen LogP contribution in [0.3, 0.4) is 0 Å². The van der Waals surface area contributed by atoms with Gasteiger partial charge in [0.1, 0.15) is 17.4 Å². The fraction of sp³-hybridized carbons (Fsp3) is 0.727. The van der Waals surface area contributed by atoms with Crippen molar-refractivity contribution in [2.24, 2.45) is 10.9 Å². The monoisotopic (exact) mass is 556 g/mol. The second kappa shape index (κ2) is 11.4. The predicted octanol–water partition coefficient (Wildman–Crippen LogP) is 3.11. The van der Waals surface area contributed by atoms with Crippen molar-refractivity contribution in [3.05, 3.63) is 29.0 Å². The molecular weight excluding hydrogens is 519 g/mol. The third-order valence-electron chi connectivity index (χ3n) is 6.28. The van der Waals surface area contributed by atoms with Gasteiger partial charge in [-0.2, -0.15) is 5.10 Å². The topological polar surface area (TPSA) is 96.4 Å². The first-order valence-corrected chi connectivity index (χ1v) is 11.6. The summed E-state index contributed by atoms with van der Waals surface area (Å²) >= 11 is 0. The van der Waals surface area contributed by atoms with Crippen LogP contribution in [0.4, 0.5) is 0 Å². The standard InChI is InChI=1S/C22H36N8O.HI/c1-5-23-22(27-19-7-6-10-30-21(19)26-17(4)28-30)24-13-18-8-11-29(12-9-18)14-20-25-15(2)16(3)31-20;/h18-19H,5-14H2,1-4H3,(H2,23,24,27);1H. The number of nitrogens with one attached hydrogen (secondary N) is 2. The van der Waals surface area contributed by atoms with E-state index < -0.39 is 0 Å². The van der Waals surface area contributed by atoms with Gasteiger partial charge in [0.25, 0.3) is 0 Å². The minimum absolute atomic E-state index is 0. The van der Waals surface area contributed by atoms with Crippen molar-refractivity contribution in [3.8, 4) is 0 Å². The first-order valence-electron chi connectivity index (χ1n) is 11.6. The molecule has 0 saturated carbocycles. The van der Waals surface area contributed by atoms with Crippen LogP contribution in [0.2, 0.25) is 0 Å². The average Bonchev–Trinajstić information content (AvgIpc) is 3.28. The number of guanidine groups is 1. The van der Waals surface area contributed by atoms with E-state index in [-0.39, 0.29) is 30.0 Å². The molecular formula is C22H37IN8O. The summed E-state index contributed by atoms with van der Waals surface area (Å²) in [4.78, 5) is 16.5. The van der Waals surface area contributed by atoms with Gasteiger partial charge in [0.15, 0.2) is 5.96 Å². The molecule has 0 aromatic carbocycles. The van der Waals surface area contributed by atoms with Gasteiger partial charge < -0.3 is 15.1 Å². The Morgan fingerprint density at radius 2 is 1.91 bits per heavy atom. The third kappa shape index (κ3) is 6.21. The van der Waals surface area contributed by atoms with E-state index in [0.29, 0.717) is 5.92 Å². The lowest BCUT2D eigenvalue weighted by atomic mass is 9.97. The van der Waals surface area contributed by atoms with Crippen molar-refractivity contribution < 1.29 is 4.42 Å². The molecule has 178 valence electrons. The number of piperidine rings is 1. The summed E-state index contributed by atoms with van der Waals surface area (Å²) in [6.45, 7) is 13.6. The molecule has 1 saturated heterocycles. The number of hydrogen-bond donors (Lipinski definition) is 2. The zero-order chi connectivity index (χ0) is 21.8. The molecule has 2 aliphatic heterocycles. The predicted molar refractivity (Wildman–Crippen MR) is 135 cm³/mol. The molecule has 2 aromatic heterocycles. The second-order valence-corrected chi connectivity index (χ2v) is 8.77. The number of hydrogen-bond acceptors (Lipinski definition) is 6. The first kappa shape index (κ1) is 24.9. The molecule has 2 aliphatic rings. The van der Waals surface area contributed by atoms with Crippen LogP contribution in [0.5, 0.6) is 0 Å². The van der Waals surface area contributed by atoms with Gasteiger partial charge in [-0.15, -0.1) is 24.0 Å². The van der Waals surface area contributed by atoms with Crippen LogP contribution in [0.15, 0.2) is 9.41 Å². The Morgan fingerprint density at radius 3 is 2.59 bits per heavy atom. The summed E-state index contributed by atoms with van der Waals surface area (Å²) in [7, 11) is 0. The maximum absolute atomic E-state index is 5.75. The molecule has 0 radical (unpaired) electrons. The Kier molecular flexibility index (Phi) is 8.92. The highest BCUT2D eigenvalue weighted by Gasteiger charge is 2.25. The molecule has 2 N–H and O–H groups in total. The summed E-state index contributed by atoms with van der Waals surface area (Å²) in [6.07, 6.45) is 4.46. The molecule has 4 rings (SSSR count). The zero-order valence-corrected chi connectivity index (χ0v) is 22.1. The molecule has 10 heteroatoms. The SMILES string of the molecule is CCNC(=NCC1CCN(Cc2nc(C)c(C)o2)CC1)NC1CCCn2nc(C)nc21.I. The van der Waals surface area contributed by atoms with Crippen LogP contribution in [-0.2, 0) is 13.1 Å². The summed E-state index contributed by atoms with van der Waals surface area (Å²) < 4.78 is 7.78. The number of halogens is 1. The molecule has 1 fully saturated rings. The normalized spacial score (nSPS) is 20.0. The van der Waals surface area contributed by atoms with Gasteiger partial charge >= 0.3 is 0 Å². The van der Waals surface area contributed by atoms with Crippen molar-refractivity contribution in [3.63, 3.8) is 0 Å². The van der Waals surface area contributed by atoms with Gasteiger partial charge in [0.2, 0.25) is 5.89 Å². The van der Waals surface area contributed by atoms with Crippen LogP contribution >= 0.6 is 24.0 Å². The lowest BCUT2D eigenvalue weighted by molar-refractivity contribution is 0.166. The van der Waals surface area contributed by atoms with E-state index in [4.69, 9.17) is 9.41 Å². The fourth-order valence-corrected chi connectivity index (χ4v) is 4.44. The van der Waals surface area contributed by atoms with E-state index >= 15 is 0 Å². The zero-order valence-electron chi connectivity index (χ0n) is 19.7. The first-order chi connectivity index (χ1) is 15.0. The van der Waals surface area contributed by atoms with Gasteiger partial charge in [-0.25, -0.2) is 14.6 Å². The number of aliphatic imine (C=N–C) groups is 1. The van der Waals surface area contributed by atoms with Crippen molar-refractivity contribution in [2.75, 3.05) is 26.2 Å². The molecule has 2 aromatic rings. The van der Waals surface area contributed by atoms with E-state index in [1.54, 1.807) is 0 Å². The molecule has 0 spiro atoms. The number of oxazole rings is 1. The molecule has 9 nitrogen and oxygen atoms in total. The van der Waals surface area contributed by atoms with Crippen LogP contribution < -0.4 is 10.6 Å². The number of rotatable bonds is 6.